The number of phenols is 1. The summed E-state index contributed by atoms with van der Waals surface area (Å²) in [4.78, 5) is 2.11. The maximum Gasteiger partial charge on any atom is 0.233 e. The van der Waals surface area contributed by atoms with Crippen LogP contribution in [-0.2, 0) is 0 Å². The summed E-state index contributed by atoms with van der Waals surface area (Å²) in [5.41, 5.74) is -0.0790. The first kappa shape index (κ1) is 24.3. The molecule has 2 bridgehead atoms. The molecule has 8 nitrogen and oxygen atoms in total. The summed E-state index contributed by atoms with van der Waals surface area (Å²) in [6.07, 6.45) is 6.73. The highest BCUT2D eigenvalue weighted by atomic mass is 19.2. The molecule has 2 saturated heterocycles. The number of benzene rings is 1. The van der Waals surface area contributed by atoms with Crippen LogP contribution in [0, 0.1) is 11.6 Å². The summed E-state index contributed by atoms with van der Waals surface area (Å²) < 4.78 is 35.2. The fourth-order valence-corrected chi connectivity index (χ4v) is 5.91. The van der Waals surface area contributed by atoms with E-state index < -0.39 is 17.4 Å². The normalized spacial score (nSPS) is 25.4. The van der Waals surface area contributed by atoms with E-state index in [0.29, 0.717) is 5.82 Å². The Labute approximate surface area is 208 Å². The highest BCUT2D eigenvalue weighted by Gasteiger charge is 2.46. The maximum absolute atomic E-state index is 15.2. The molecular formula is C26H30F2N6O2. The molecule has 3 aromatic rings. The van der Waals surface area contributed by atoms with Crippen LogP contribution < -0.4 is 15.0 Å². The number of aromatic nitrogens is 4. The number of hydrogen-bond acceptors (Lipinski definition) is 8. The van der Waals surface area contributed by atoms with Gasteiger partial charge >= 0.3 is 0 Å². The van der Waals surface area contributed by atoms with Gasteiger partial charge in [-0.15, -0.1) is 15.3 Å². The van der Waals surface area contributed by atoms with E-state index in [-0.39, 0.29) is 45.4 Å². The van der Waals surface area contributed by atoms with Gasteiger partial charge in [0.25, 0.3) is 0 Å². The first-order valence-corrected chi connectivity index (χ1v) is 12.1. The second-order valence-corrected chi connectivity index (χ2v) is 10.5. The van der Waals surface area contributed by atoms with Gasteiger partial charge < -0.3 is 20.1 Å². The largest absolute Gasteiger partial charge is 0.507 e. The third-order valence-corrected chi connectivity index (χ3v) is 7.59. The Kier molecular flexibility index (Phi) is 6.02. The maximum atomic E-state index is 15.2. The molecule has 4 heterocycles. The molecule has 36 heavy (non-hydrogen) atoms. The molecule has 0 radical (unpaired) electrons. The summed E-state index contributed by atoms with van der Waals surface area (Å²) in [6, 6.07) is 6.10. The first-order valence-electron chi connectivity index (χ1n) is 12.1. The minimum absolute atomic E-state index is 0.0409. The average molecular weight is 497 g/mol. The van der Waals surface area contributed by atoms with Crippen LogP contribution in [0.1, 0.15) is 46.0 Å². The van der Waals surface area contributed by atoms with Gasteiger partial charge in [0.15, 0.2) is 17.5 Å². The highest BCUT2D eigenvalue weighted by Crippen LogP contribution is 2.42. The van der Waals surface area contributed by atoms with E-state index in [1.165, 1.54) is 25.8 Å². The minimum Gasteiger partial charge on any atom is -0.507 e. The number of fused-ring (bicyclic) bond motifs is 2. The van der Waals surface area contributed by atoms with E-state index in [2.05, 4.69) is 44.5 Å². The van der Waals surface area contributed by atoms with Crippen LogP contribution in [0.15, 0.2) is 30.5 Å². The number of rotatable bonds is 5. The number of anilines is 1. The number of hydrogen-bond donors (Lipinski definition) is 2. The average Bonchev–Trinajstić information content (AvgIpc) is 2.85. The zero-order valence-corrected chi connectivity index (χ0v) is 20.8. The topological polar surface area (TPSA) is 96.3 Å². The SMILES string of the molecule is COc1cc(-c2cc(O)c(-c3ccc(N(C)C4C[C@]5(C)CCC[C@](C)(C4)N5)nn3)c(F)c2F)cnn1. The van der Waals surface area contributed by atoms with E-state index in [9.17, 15) is 5.11 Å². The number of halogens is 2. The molecule has 2 aliphatic heterocycles. The predicted molar refractivity (Wildman–Crippen MR) is 132 cm³/mol. The monoisotopic (exact) mass is 496 g/mol. The zero-order valence-electron chi connectivity index (χ0n) is 20.8. The van der Waals surface area contributed by atoms with Gasteiger partial charge in [0.05, 0.1) is 24.6 Å². The van der Waals surface area contributed by atoms with Crippen molar-refractivity contribution in [1.82, 2.24) is 25.7 Å². The Bertz CT molecular complexity index is 1270. The summed E-state index contributed by atoms with van der Waals surface area (Å²) in [7, 11) is 3.38. The second-order valence-electron chi connectivity index (χ2n) is 10.5. The molecule has 1 unspecified atom stereocenters. The number of nitrogens with zero attached hydrogens (tertiary/aromatic N) is 5. The Morgan fingerprint density at radius 3 is 2.42 bits per heavy atom. The van der Waals surface area contributed by atoms with Gasteiger partial charge in [0.1, 0.15) is 5.75 Å². The van der Waals surface area contributed by atoms with Crippen molar-refractivity contribution >= 4 is 5.82 Å². The van der Waals surface area contributed by atoms with Gasteiger partial charge in [0, 0.05) is 41.4 Å². The van der Waals surface area contributed by atoms with Gasteiger partial charge in [-0.2, -0.15) is 5.10 Å². The van der Waals surface area contributed by atoms with E-state index in [4.69, 9.17) is 4.74 Å². The van der Waals surface area contributed by atoms with Crippen LogP contribution in [0.4, 0.5) is 14.6 Å². The Morgan fingerprint density at radius 1 is 1.06 bits per heavy atom. The van der Waals surface area contributed by atoms with Crippen LogP contribution in [0.5, 0.6) is 11.6 Å². The van der Waals surface area contributed by atoms with Crippen molar-refractivity contribution in [3.8, 4) is 34.0 Å². The smallest absolute Gasteiger partial charge is 0.233 e. The van der Waals surface area contributed by atoms with Gasteiger partial charge in [-0.3, -0.25) is 0 Å². The van der Waals surface area contributed by atoms with Crippen molar-refractivity contribution in [1.29, 1.82) is 0 Å². The molecule has 2 fully saturated rings. The van der Waals surface area contributed by atoms with Crippen molar-refractivity contribution in [2.24, 2.45) is 0 Å². The van der Waals surface area contributed by atoms with Gasteiger partial charge in [0.2, 0.25) is 5.88 Å². The zero-order chi connectivity index (χ0) is 25.7. The molecule has 190 valence electrons. The van der Waals surface area contributed by atoms with Gasteiger partial charge in [-0.1, -0.05) is 0 Å². The molecule has 5 rings (SSSR count). The van der Waals surface area contributed by atoms with E-state index in [0.717, 1.165) is 31.7 Å². The molecule has 0 saturated carbocycles. The Hall–Kier alpha value is -3.40. The van der Waals surface area contributed by atoms with Crippen molar-refractivity contribution < 1.29 is 18.6 Å². The van der Waals surface area contributed by atoms with Crippen molar-refractivity contribution in [2.75, 3.05) is 19.1 Å². The van der Waals surface area contributed by atoms with Crippen molar-refractivity contribution in [3.63, 3.8) is 0 Å². The van der Waals surface area contributed by atoms with Crippen LogP contribution in [-0.4, -0.2) is 56.8 Å². The molecule has 0 spiro atoms. The van der Waals surface area contributed by atoms with Crippen LogP contribution in [0.25, 0.3) is 22.4 Å². The molecule has 2 aliphatic rings. The van der Waals surface area contributed by atoms with E-state index in [1.807, 2.05) is 7.05 Å². The number of aromatic hydroxyl groups is 1. The lowest BCUT2D eigenvalue weighted by Crippen LogP contribution is -2.66. The summed E-state index contributed by atoms with van der Waals surface area (Å²) in [5, 5.41) is 30.3. The molecule has 0 amide bonds. The second kappa shape index (κ2) is 8.92. The third-order valence-electron chi connectivity index (χ3n) is 7.59. The summed E-state index contributed by atoms with van der Waals surface area (Å²) >= 11 is 0. The third kappa shape index (κ3) is 4.34. The molecular weight excluding hydrogens is 466 g/mol. The van der Waals surface area contributed by atoms with Crippen LogP contribution in [0.3, 0.4) is 0 Å². The Balaban J connectivity index is 1.42. The fourth-order valence-electron chi connectivity index (χ4n) is 5.91. The fraction of sp³-hybridized carbons (Fsp3) is 0.462. The standard InChI is InChI=1S/C26H30F2N6O2/c1-25-8-5-9-26(2,33-25)13-16(12-25)34(3)20-7-6-18(30-31-20)22-19(35)11-17(23(27)24(22)28)15-10-21(36-4)32-29-14-15/h6-7,10-11,14,16,33,35H,5,8-9,12-13H2,1-4H3/t16?,25-,26+. The van der Waals surface area contributed by atoms with Crippen LogP contribution in [0.2, 0.25) is 0 Å². The summed E-state index contributed by atoms with van der Waals surface area (Å²) in [5.74, 6) is -2.03. The lowest BCUT2D eigenvalue weighted by molar-refractivity contribution is 0.0784. The van der Waals surface area contributed by atoms with Gasteiger partial charge in [-0.25, -0.2) is 8.78 Å². The molecule has 2 N–H and O–H groups in total. The first-order chi connectivity index (χ1) is 17.1. The molecule has 1 aromatic carbocycles. The number of phenolic OH excluding ortho intramolecular Hbond substituents is 1. The molecule has 3 atom stereocenters. The lowest BCUT2D eigenvalue weighted by atomic mass is 9.69. The Morgan fingerprint density at radius 2 is 1.78 bits per heavy atom. The minimum atomic E-state index is -1.22. The quantitative estimate of drug-likeness (QED) is 0.534. The summed E-state index contributed by atoms with van der Waals surface area (Å²) in [6.45, 7) is 4.56. The van der Waals surface area contributed by atoms with E-state index >= 15 is 8.78 Å². The lowest BCUT2D eigenvalue weighted by Gasteiger charge is -2.55. The van der Waals surface area contributed by atoms with Gasteiger partial charge in [-0.05, 0) is 64.2 Å². The number of methoxy groups -OCH3 is 1. The van der Waals surface area contributed by atoms with Crippen molar-refractivity contribution in [2.45, 2.75) is 63.1 Å². The number of piperidine rings is 2. The number of nitrogens with one attached hydrogen (secondary N) is 1. The molecule has 0 aliphatic carbocycles. The predicted octanol–water partition coefficient (Wildman–Crippen LogP) is 4.48. The van der Waals surface area contributed by atoms with Crippen LogP contribution >= 0.6 is 0 Å². The number of ether oxygens (including phenoxy) is 1. The van der Waals surface area contributed by atoms with Crippen molar-refractivity contribution in [3.05, 3.63) is 42.1 Å². The highest BCUT2D eigenvalue weighted by molar-refractivity contribution is 5.75. The van der Waals surface area contributed by atoms with E-state index in [1.54, 1.807) is 12.1 Å². The molecule has 2 aromatic heterocycles. The molecule has 10 heteroatoms.